The van der Waals surface area contributed by atoms with E-state index >= 15 is 0 Å². The smallest absolute Gasteiger partial charge is 0.129 e. The van der Waals surface area contributed by atoms with Gasteiger partial charge in [-0.15, -0.1) is 0 Å². The van der Waals surface area contributed by atoms with Gasteiger partial charge in [-0.05, 0) is 80.9 Å². The van der Waals surface area contributed by atoms with Crippen LogP contribution in [-0.4, -0.2) is 46.8 Å². The van der Waals surface area contributed by atoms with Gasteiger partial charge in [0.1, 0.15) is 5.82 Å². The first kappa shape index (κ1) is 21.5. The molecular weight excluding hydrogens is 410 g/mol. The van der Waals surface area contributed by atoms with Gasteiger partial charge < -0.3 is 16.0 Å². The van der Waals surface area contributed by atoms with Gasteiger partial charge in [-0.3, -0.25) is 15.4 Å². The molecule has 0 bridgehead atoms. The summed E-state index contributed by atoms with van der Waals surface area (Å²) in [4.78, 5) is 15.8. The lowest BCUT2D eigenvalue weighted by Crippen LogP contribution is -2.39. The van der Waals surface area contributed by atoms with Crippen molar-refractivity contribution in [1.82, 2.24) is 20.3 Å². The largest absolute Gasteiger partial charge is 0.397 e. The van der Waals surface area contributed by atoms with Crippen molar-refractivity contribution in [3.63, 3.8) is 0 Å². The molecule has 170 valence electrons. The van der Waals surface area contributed by atoms with Crippen LogP contribution in [0.3, 0.4) is 0 Å². The number of nitrogens with one attached hydrogen (secondary N) is 2. The molecule has 0 unspecified atom stereocenters. The zero-order chi connectivity index (χ0) is 22.6. The van der Waals surface area contributed by atoms with E-state index < -0.39 is 0 Å². The van der Waals surface area contributed by atoms with Crippen LogP contribution in [0.5, 0.6) is 0 Å². The van der Waals surface area contributed by atoms with E-state index in [9.17, 15) is 0 Å². The quantitative estimate of drug-likeness (QED) is 0.521. The molecule has 2 aliphatic heterocycles. The van der Waals surface area contributed by atoms with Crippen LogP contribution in [-0.2, 0) is 0 Å². The van der Waals surface area contributed by atoms with Gasteiger partial charge in [-0.1, -0.05) is 6.07 Å². The van der Waals surface area contributed by atoms with Crippen molar-refractivity contribution < 1.29 is 0 Å². The van der Waals surface area contributed by atoms with E-state index in [0.29, 0.717) is 22.7 Å². The third kappa shape index (κ3) is 4.73. The highest BCUT2D eigenvalue weighted by Gasteiger charge is 2.28. The summed E-state index contributed by atoms with van der Waals surface area (Å²) < 4.78 is 0. The molecule has 0 amide bonds. The van der Waals surface area contributed by atoms with Crippen LogP contribution in [0, 0.1) is 17.2 Å². The van der Waals surface area contributed by atoms with E-state index in [4.69, 9.17) is 16.1 Å². The van der Waals surface area contributed by atoms with Crippen LogP contribution in [0.15, 0.2) is 55.0 Å². The number of nitrogens with two attached hydrogens (primary N) is 1. The molecule has 3 aromatic rings. The number of pyridine rings is 3. The van der Waals surface area contributed by atoms with Gasteiger partial charge >= 0.3 is 0 Å². The molecule has 7 nitrogen and oxygen atoms in total. The van der Waals surface area contributed by atoms with Gasteiger partial charge in [0.2, 0.25) is 0 Å². The molecule has 0 spiro atoms. The van der Waals surface area contributed by atoms with Gasteiger partial charge in [0.05, 0.1) is 29.0 Å². The molecule has 33 heavy (non-hydrogen) atoms. The number of anilines is 2. The molecule has 5 heterocycles. The van der Waals surface area contributed by atoms with Crippen molar-refractivity contribution in [2.75, 3.05) is 36.8 Å². The molecule has 2 aliphatic rings. The summed E-state index contributed by atoms with van der Waals surface area (Å²) in [5.41, 5.74) is 9.90. The standard InChI is InChI=1S/C26H31N7/c27-22-17-31-24(20-3-2-10-30-16-20)15-21(22)26(28)23-4-1-5-25(32-23)33-13-8-19(9-14-33)18-6-11-29-12-7-18/h1-5,10,15-19,28-29H,6-9,11-14,27H2. The Hall–Kier alpha value is -3.32. The highest BCUT2D eigenvalue weighted by molar-refractivity contribution is 6.13. The molecule has 4 N–H and O–H groups in total. The minimum absolute atomic E-state index is 0.312. The van der Waals surface area contributed by atoms with E-state index in [-0.39, 0.29) is 0 Å². The Balaban J connectivity index is 1.32. The minimum atomic E-state index is 0.312. The van der Waals surface area contributed by atoms with Crippen molar-refractivity contribution in [3.05, 3.63) is 66.2 Å². The molecule has 2 saturated heterocycles. The Labute approximate surface area is 195 Å². The first-order chi connectivity index (χ1) is 16.2. The highest BCUT2D eigenvalue weighted by Crippen LogP contribution is 2.32. The lowest BCUT2D eigenvalue weighted by Gasteiger charge is -2.38. The van der Waals surface area contributed by atoms with E-state index in [0.717, 1.165) is 55.1 Å². The van der Waals surface area contributed by atoms with E-state index in [2.05, 4.69) is 26.3 Å². The zero-order valence-electron chi connectivity index (χ0n) is 18.9. The van der Waals surface area contributed by atoms with Gasteiger partial charge in [-0.25, -0.2) is 4.98 Å². The second-order valence-corrected chi connectivity index (χ2v) is 9.07. The molecule has 2 fully saturated rings. The van der Waals surface area contributed by atoms with Crippen molar-refractivity contribution >= 4 is 17.2 Å². The average molecular weight is 442 g/mol. The first-order valence-corrected chi connectivity index (χ1v) is 11.9. The zero-order valence-corrected chi connectivity index (χ0v) is 18.9. The van der Waals surface area contributed by atoms with E-state index in [1.54, 1.807) is 18.6 Å². The van der Waals surface area contributed by atoms with Crippen molar-refractivity contribution in [3.8, 4) is 11.3 Å². The van der Waals surface area contributed by atoms with E-state index in [1.165, 1.54) is 25.7 Å². The second kappa shape index (κ2) is 9.67. The molecular formula is C26H31N7. The topological polar surface area (TPSA) is 104 Å². The van der Waals surface area contributed by atoms with Gasteiger partial charge in [0, 0.05) is 36.6 Å². The minimum Gasteiger partial charge on any atom is -0.397 e. The van der Waals surface area contributed by atoms with Crippen LogP contribution in [0.4, 0.5) is 11.5 Å². The van der Waals surface area contributed by atoms with Gasteiger partial charge in [0.25, 0.3) is 0 Å². The molecule has 0 radical (unpaired) electrons. The predicted molar refractivity (Wildman–Crippen MR) is 133 cm³/mol. The maximum Gasteiger partial charge on any atom is 0.129 e. The van der Waals surface area contributed by atoms with Crippen molar-refractivity contribution in [2.45, 2.75) is 25.7 Å². The summed E-state index contributed by atoms with van der Waals surface area (Å²) in [6.07, 6.45) is 10.2. The second-order valence-electron chi connectivity index (χ2n) is 9.07. The molecule has 0 atom stereocenters. The first-order valence-electron chi connectivity index (χ1n) is 11.9. The SMILES string of the molecule is N=C(c1cccc(N2CCC(C3CCNCC3)CC2)n1)c1cc(-c2cccnc2)ncc1N. The summed E-state index contributed by atoms with van der Waals surface area (Å²) in [6, 6.07) is 11.6. The summed E-state index contributed by atoms with van der Waals surface area (Å²) in [5, 5.41) is 12.3. The van der Waals surface area contributed by atoms with Crippen LogP contribution in [0.25, 0.3) is 11.3 Å². The summed E-state index contributed by atoms with van der Waals surface area (Å²) in [5.74, 6) is 2.64. The van der Waals surface area contributed by atoms with Crippen LogP contribution < -0.4 is 16.0 Å². The Morgan fingerprint density at radius 1 is 1.00 bits per heavy atom. The number of hydrogen-bond donors (Lipinski definition) is 3. The summed E-state index contributed by atoms with van der Waals surface area (Å²) >= 11 is 0. The molecule has 7 heteroatoms. The fourth-order valence-electron chi connectivity index (χ4n) is 5.15. The lowest BCUT2D eigenvalue weighted by atomic mass is 9.79. The fourth-order valence-corrected chi connectivity index (χ4v) is 5.15. The van der Waals surface area contributed by atoms with Gasteiger partial charge in [0.15, 0.2) is 0 Å². The number of aromatic nitrogens is 3. The fraction of sp³-hybridized carbons (Fsp3) is 0.385. The third-order valence-electron chi connectivity index (χ3n) is 7.07. The summed E-state index contributed by atoms with van der Waals surface area (Å²) in [7, 11) is 0. The molecule has 3 aromatic heterocycles. The molecule has 5 rings (SSSR count). The van der Waals surface area contributed by atoms with Gasteiger partial charge in [-0.2, -0.15) is 0 Å². The van der Waals surface area contributed by atoms with Crippen LogP contribution >= 0.6 is 0 Å². The molecule has 0 aliphatic carbocycles. The highest BCUT2D eigenvalue weighted by atomic mass is 15.2. The number of rotatable bonds is 5. The molecule has 0 aromatic carbocycles. The predicted octanol–water partition coefficient (Wildman–Crippen LogP) is 3.75. The number of hydrogen-bond acceptors (Lipinski definition) is 7. The Kier molecular flexibility index (Phi) is 6.30. The number of nitrogens with zero attached hydrogens (tertiary/aromatic N) is 4. The maximum atomic E-state index is 8.84. The summed E-state index contributed by atoms with van der Waals surface area (Å²) in [6.45, 7) is 4.39. The normalized spacial score (nSPS) is 17.8. The number of nitrogen functional groups attached to an aromatic ring is 1. The Morgan fingerprint density at radius 2 is 1.79 bits per heavy atom. The lowest BCUT2D eigenvalue weighted by molar-refractivity contribution is 0.222. The monoisotopic (exact) mass is 441 g/mol. The van der Waals surface area contributed by atoms with Crippen molar-refractivity contribution in [1.29, 1.82) is 5.41 Å². The van der Waals surface area contributed by atoms with Crippen molar-refractivity contribution in [2.24, 2.45) is 11.8 Å². The van der Waals surface area contributed by atoms with Crippen LogP contribution in [0.1, 0.15) is 36.9 Å². The maximum absolute atomic E-state index is 8.84. The Bertz CT molecular complexity index is 1100. The molecule has 0 saturated carbocycles. The van der Waals surface area contributed by atoms with E-state index in [1.807, 2.05) is 30.3 Å². The Morgan fingerprint density at radius 3 is 2.55 bits per heavy atom. The third-order valence-corrected chi connectivity index (χ3v) is 7.07. The van der Waals surface area contributed by atoms with Crippen LogP contribution in [0.2, 0.25) is 0 Å². The average Bonchev–Trinajstić information content (AvgIpc) is 2.90. The number of piperidine rings is 2.